The number of fused-ring (bicyclic) bond motifs is 1. The van der Waals surface area contributed by atoms with Crippen LogP contribution in [0, 0.1) is 13.8 Å². The minimum Gasteiger partial charge on any atom is -0.497 e. The van der Waals surface area contributed by atoms with Crippen molar-refractivity contribution in [2.75, 3.05) is 17.9 Å². The van der Waals surface area contributed by atoms with Crippen molar-refractivity contribution in [1.82, 2.24) is 4.68 Å². The van der Waals surface area contributed by atoms with Gasteiger partial charge in [0.15, 0.2) is 0 Å². The van der Waals surface area contributed by atoms with Crippen LogP contribution in [0.25, 0.3) is 0 Å². The monoisotopic (exact) mass is 427 g/mol. The van der Waals surface area contributed by atoms with Crippen molar-refractivity contribution in [3.63, 3.8) is 0 Å². The number of thioether (sulfide) groups is 1. The van der Waals surface area contributed by atoms with E-state index in [1.165, 1.54) is 0 Å². The third-order valence-corrected chi connectivity index (χ3v) is 6.74. The van der Waals surface area contributed by atoms with Crippen LogP contribution in [-0.4, -0.2) is 22.9 Å². The molecular formula is C22H22ClN3O2S. The van der Waals surface area contributed by atoms with Crippen LogP contribution < -0.4 is 15.5 Å². The summed E-state index contributed by atoms with van der Waals surface area (Å²) in [7, 11) is 1.64. The van der Waals surface area contributed by atoms with E-state index < -0.39 is 0 Å². The van der Waals surface area contributed by atoms with Gasteiger partial charge in [-0.1, -0.05) is 41.6 Å². The number of benzene rings is 2. The third kappa shape index (κ3) is 3.95. The Hall–Kier alpha value is -2.57. The van der Waals surface area contributed by atoms with E-state index >= 15 is 0 Å². The van der Waals surface area contributed by atoms with Gasteiger partial charge in [0.2, 0.25) is 5.91 Å². The number of hydrogen-bond acceptors (Lipinski definition) is 4. The molecule has 2 atom stereocenters. The van der Waals surface area contributed by atoms with Crippen LogP contribution in [0.15, 0.2) is 59.6 Å². The number of nitrogens with zero attached hydrogens (tertiary/aromatic N) is 1. The van der Waals surface area contributed by atoms with Gasteiger partial charge in [-0.25, -0.2) is 0 Å². The van der Waals surface area contributed by atoms with Crippen molar-refractivity contribution in [2.45, 2.75) is 30.2 Å². The minimum atomic E-state index is -0.356. The fourth-order valence-corrected chi connectivity index (χ4v) is 4.74. The molecule has 0 radical (unpaired) electrons. The second-order valence-electron chi connectivity index (χ2n) is 7.02. The molecule has 0 saturated heterocycles. The molecule has 4 rings (SSSR count). The number of aromatic nitrogens is 1. The van der Waals surface area contributed by atoms with Crippen molar-refractivity contribution < 1.29 is 9.53 Å². The quantitative estimate of drug-likeness (QED) is 0.603. The second kappa shape index (κ2) is 8.05. The van der Waals surface area contributed by atoms with E-state index in [0.717, 1.165) is 27.6 Å². The number of methoxy groups -OCH3 is 1. The van der Waals surface area contributed by atoms with Crippen LogP contribution in [0.2, 0.25) is 5.02 Å². The van der Waals surface area contributed by atoms with Crippen molar-refractivity contribution in [1.29, 1.82) is 0 Å². The molecule has 5 nitrogen and oxygen atoms in total. The summed E-state index contributed by atoms with van der Waals surface area (Å²) in [6.07, 6.45) is 0. The summed E-state index contributed by atoms with van der Waals surface area (Å²) in [6.45, 7) is 3.97. The van der Waals surface area contributed by atoms with E-state index in [1.54, 1.807) is 24.9 Å². The summed E-state index contributed by atoms with van der Waals surface area (Å²) >= 11 is 7.77. The highest BCUT2D eigenvalue weighted by molar-refractivity contribution is 8.00. The van der Waals surface area contributed by atoms with Gasteiger partial charge in [0.05, 0.1) is 18.2 Å². The van der Waals surface area contributed by atoms with Gasteiger partial charge >= 0.3 is 0 Å². The fraction of sp³-hybridized carbons (Fsp3) is 0.227. The molecule has 1 amide bonds. The molecule has 0 aliphatic carbocycles. The van der Waals surface area contributed by atoms with Crippen molar-refractivity contribution in [2.24, 2.45) is 0 Å². The molecule has 2 N–H and O–H groups in total. The number of carbonyl (C=O) groups is 1. The highest BCUT2D eigenvalue weighted by Gasteiger charge is 2.36. The van der Waals surface area contributed by atoms with Gasteiger partial charge in [-0.05, 0) is 61.4 Å². The van der Waals surface area contributed by atoms with Crippen molar-refractivity contribution >= 4 is 35.0 Å². The van der Waals surface area contributed by atoms with Crippen molar-refractivity contribution in [3.05, 3.63) is 76.4 Å². The van der Waals surface area contributed by atoms with Crippen LogP contribution >= 0.6 is 23.4 Å². The van der Waals surface area contributed by atoms with Crippen LogP contribution in [0.5, 0.6) is 5.75 Å². The molecule has 0 spiro atoms. The smallest absolute Gasteiger partial charge is 0.240 e. The first-order valence-electron chi connectivity index (χ1n) is 9.29. The molecule has 0 fully saturated rings. The summed E-state index contributed by atoms with van der Waals surface area (Å²) < 4.78 is 7.30. The minimum absolute atomic E-state index is 0.0756. The fourth-order valence-electron chi connectivity index (χ4n) is 3.33. The van der Waals surface area contributed by atoms with Gasteiger partial charge in [-0.2, -0.15) is 0 Å². The highest BCUT2D eigenvalue weighted by Crippen LogP contribution is 2.39. The van der Waals surface area contributed by atoms with Crippen LogP contribution in [0.1, 0.15) is 22.9 Å². The Balaban J connectivity index is 1.65. The Morgan fingerprint density at radius 1 is 1.14 bits per heavy atom. The Kier molecular flexibility index (Phi) is 5.48. The number of amides is 1. The average Bonchev–Trinajstić information content (AvgIpc) is 3.10. The molecule has 2 heterocycles. The molecule has 2 aromatic carbocycles. The third-order valence-electron chi connectivity index (χ3n) is 5.03. The molecular weight excluding hydrogens is 406 g/mol. The lowest BCUT2D eigenvalue weighted by atomic mass is 10.0. The predicted octanol–water partition coefficient (Wildman–Crippen LogP) is 5.16. The zero-order chi connectivity index (χ0) is 20.5. The van der Waals surface area contributed by atoms with Gasteiger partial charge in [-0.3, -0.25) is 9.47 Å². The first-order valence-corrected chi connectivity index (χ1v) is 10.5. The summed E-state index contributed by atoms with van der Waals surface area (Å²) in [4.78, 5) is 13.2. The topological polar surface area (TPSA) is 55.3 Å². The number of ether oxygens (including phenoxy) is 1. The number of hydrogen-bond donors (Lipinski definition) is 2. The molecule has 7 heteroatoms. The van der Waals surface area contributed by atoms with Gasteiger partial charge < -0.3 is 15.5 Å². The summed E-state index contributed by atoms with van der Waals surface area (Å²) in [5.41, 5.74) is 7.28. The average molecular weight is 428 g/mol. The Labute approximate surface area is 179 Å². The van der Waals surface area contributed by atoms with E-state index in [-0.39, 0.29) is 17.2 Å². The zero-order valence-electron chi connectivity index (χ0n) is 16.4. The SMILES string of the molecule is COc1ccc([C@@H]2Nn3c(C)ccc3S[C@@H]2C(=O)Nc2ccc(C)c(Cl)c2)cc1. The molecule has 1 aromatic heterocycles. The molecule has 0 saturated carbocycles. The lowest BCUT2D eigenvalue weighted by Crippen LogP contribution is -2.41. The molecule has 1 aliphatic heterocycles. The van der Waals surface area contributed by atoms with E-state index in [1.807, 2.05) is 67.1 Å². The van der Waals surface area contributed by atoms with E-state index in [0.29, 0.717) is 10.7 Å². The summed E-state index contributed by atoms with van der Waals surface area (Å²) in [5, 5.41) is 4.31. The largest absolute Gasteiger partial charge is 0.497 e. The number of aryl methyl sites for hydroxylation is 2. The maximum atomic E-state index is 13.2. The first-order chi connectivity index (χ1) is 14.0. The number of nitrogens with one attached hydrogen (secondary N) is 2. The first kappa shape index (κ1) is 19.7. The molecule has 150 valence electrons. The summed E-state index contributed by atoms with van der Waals surface area (Å²) in [5.74, 6) is 0.707. The number of carbonyl (C=O) groups excluding carboxylic acids is 1. The van der Waals surface area contributed by atoms with Crippen molar-refractivity contribution in [3.8, 4) is 5.75 Å². The Morgan fingerprint density at radius 2 is 1.90 bits per heavy atom. The summed E-state index contributed by atoms with van der Waals surface area (Å²) in [6, 6.07) is 17.2. The number of halogens is 1. The van der Waals surface area contributed by atoms with Gasteiger partial charge in [0, 0.05) is 16.4 Å². The number of anilines is 1. The Bertz CT molecular complexity index is 1050. The number of rotatable bonds is 4. The lowest BCUT2D eigenvalue weighted by molar-refractivity contribution is -0.116. The van der Waals surface area contributed by atoms with Crippen LogP contribution in [0.3, 0.4) is 0 Å². The van der Waals surface area contributed by atoms with E-state index in [9.17, 15) is 4.79 Å². The molecule has 3 aromatic rings. The normalized spacial score (nSPS) is 17.9. The second-order valence-corrected chi connectivity index (χ2v) is 8.59. The van der Waals surface area contributed by atoms with E-state index in [4.69, 9.17) is 16.3 Å². The highest BCUT2D eigenvalue weighted by atomic mass is 35.5. The zero-order valence-corrected chi connectivity index (χ0v) is 18.0. The van der Waals surface area contributed by atoms with Gasteiger partial charge in [0.25, 0.3) is 0 Å². The maximum absolute atomic E-state index is 13.2. The molecule has 0 bridgehead atoms. The van der Waals surface area contributed by atoms with Gasteiger partial charge in [-0.15, -0.1) is 0 Å². The molecule has 1 aliphatic rings. The Morgan fingerprint density at radius 3 is 2.59 bits per heavy atom. The maximum Gasteiger partial charge on any atom is 0.240 e. The van der Waals surface area contributed by atoms with Crippen LogP contribution in [-0.2, 0) is 4.79 Å². The lowest BCUT2D eigenvalue weighted by Gasteiger charge is -2.34. The van der Waals surface area contributed by atoms with Crippen LogP contribution in [0.4, 0.5) is 5.69 Å². The predicted molar refractivity (Wildman–Crippen MR) is 119 cm³/mol. The van der Waals surface area contributed by atoms with E-state index in [2.05, 4.69) is 10.7 Å². The van der Waals surface area contributed by atoms with Gasteiger partial charge in [0.1, 0.15) is 11.0 Å². The molecule has 0 unspecified atom stereocenters. The molecule has 29 heavy (non-hydrogen) atoms. The standard InChI is InChI=1S/C22H22ClN3O2S/c1-13-4-8-16(12-18(13)23)24-22(27)21-20(15-6-9-17(28-3)10-7-15)25-26-14(2)5-11-19(26)29-21/h4-12,20-21,25H,1-3H3,(H,24,27)/t20-,21-/m0/s1.